The van der Waals surface area contributed by atoms with Crippen molar-refractivity contribution in [3.8, 4) is 17.2 Å². The van der Waals surface area contributed by atoms with Gasteiger partial charge in [0.1, 0.15) is 5.75 Å². The third kappa shape index (κ3) is 3.53. The summed E-state index contributed by atoms with van der Waals surface area (Å²) in [6, 6.07) is 8.71. The molecule has 23 heavy (non-hydrogen) atoms. The first-order valence-corrected chi connectivity index (χ1v) is 7.03. The van der Waals surface area contributed by atoms with E-state index in [1.54, 1.807) is 40.4 Å². The van der Waals surface area contributed by atoms with Crippen LogP contribution >= 0.6 is 0 Å². The Morgan fingerprint density at radius 3 is 2.17 bits per heavy atom. The van der Waals surface area contributed by atoms with Gasteiger partial charge in [0.15, 0.2) is 11.5 Å². The van der Waals surface area contributed by atoms with Gasteiger partial charge in [-0.1, -0.05) is 6.07 Å². The van der Waals surface area contributed by atoms with E-state index in [1.165, 1.54) is 6.07 Å². The minimum absolute atomic E-state index is 0.0816. The van der Waals surface area contributed by atoms with Gasteiger partial charge in [0.05, 0.1) is 26.3 Å². The SMILES string of the molecule is COc1cc(Cc2ccc(OC)c(OC)c2)c([N+](=O)[O-])cc1C. The number of benzene rings is 2. The van der Waals surface area contributed by atoms with E-state index in [9.17, 15) is 10.1 Å². The molecule has 2 aromatic carbocycles. The van der Waals surface area contributed by atoms with E-state index in [0.717, 1.165) is 11.1 Å². The first-order chi connectivity index (χ1) is 11.0. The van der Waals surface area contributed by atoms with Gasteiger partial charge in [-0.15, -0.1) is 0 Å². The topological polar surface area (TPSA) is 70.8 Å². The molecule has 0 N–H and O–H groups in total. The predicted molar refractivity (Wildman–Crippen MR) is 86.7 cm³/mol. The minimum Gasteiger partial charge on any atom is -0.496 e. The lowest BCUT2D eigenvalue weighted by Gasteiger charge is -2.11. The normalized spacial score (nSPS) is 10.3. The maximum atomic E-state index is 11.3. The van der Waals surface area contributed by atoms with Crippen LogP contribution in [-0.2, 0) is 6.42 Å². The predicted octanol–water partition coefficient (Wildman–Crippen LogP) is 3.52. The number of nitrogens with zero attached hydrogens (tertiary/aromatic N) is 1. The quantitative estimate of drug-likeness (QED) is 0.602. The number of nitro benzene ring substituents is 1. The summed E-state index contributed by atoms with van der Waals surface area (Å²) in [6.07, 6.45) is 0.396. The van der Waals surface area contributed by atoms with Gasteiger partial charge in [0.25, 0.3) is 5.69 Å². The second kappa shape index (κ2) is 7.00. The van der Waals surface area contributed by atoms with E-state index in [0.29, 0.717) is 29.2 Å². The summed E-state index contributed by atoms with van der Waals surface area (Å²) in [6.45, 7) is 1.78. The van der Waals surface area contributed by atoms with Crippen LogP contribution in [0.4, 0.5) is 5.69 Å². The fraction of sp³-hybridized carbons (Fsp3) is 0.294. The van der Waals surface area contributed by atoms with Gasteiger partial charge in [-0.2, -0.15) is 0 Å². The summed E-state index contributed by atoms with van der Waals surface area (Å²) < 4.78 is 15.7. The summed E-state index contributed by atoms with van der Waals surface area (Å²) in [5.41, 5.74) is 2.29. The molecule has 0 aliphatic heterocycles. The highest BCUT2D eigenvalue weighted by Crippen LogP contribution is 2.32. The standard InChI is InChI=1S/C17H19NO5/c1-11-7-14(18(19)20)13(10-16(11)22-3)8-12-5-6-15(21-2)17(9-12)23-4/h5-7,9-10H,8H2,1-4H3. The Labute approximate surface area is 134 Å². The molecule has 122 valence electrons. The number of nitro groups is 1. The lowest BCUT2D eigenvalue weighted by atomic mass is 10.0. The van der Waals surface area contributed by atoms with Crippen LogP contribution in [0.25, 0.3) is 0 Å². The number of rotatable bonds is 6. The van der Waals surface area contributed by atoms with Crippen LogP contribution in [-0.4, -0.2) is 26.3 Å². The van der Waals surface area contributed by atoms with Crippen LogP contribution < -0.4 is 14.2 Å². The van der Waals surface area contributed by atoms with Gasteiger partial charge >= 0.3 is 0 Å². The Balaban J connectivity index is 2.44. The summed E-state index contributed by atoms with van der Waals surface area (Å²) >= 11 is 0. The van der Waals surface area contributed by atoms with Crippen molar-refractivity contribution in [2.45, 2.75) is 13.3 Å². The number of hydrogen-bond acceptors (Lipinski definition) is 5. The molecule has 6 nitrogen and oxygen atoms in total. The van der Waals surface area contributed by atoms with Crippen LogP contribution in [0.3, 0.4) is 0 Å². The molecule has 2 rings (SSSR count). The van der Waals surface area contributed by atoms with E-state index >= 15 is 0 Å². The molecule has 0 fully saturated rings. The van der Waals surface area contributed by atoms with E-state index in [1.807, 2.05) is 12.1 Å². The number of methoxy groups -OCH3 is 3. The van der Waals surface area contributed by atoms with Crippen molar-refractivity contribution in [1.29, 1.82) is 0 Å². The van der Waals surface area contributed by atoms with Gasteiger partial charge in [0.2, 0.25) is 0 Å². The van der Waals surface area contributed by atoms with Crippen molar-refractivity contribution in [3.63, 3.8) is 0 Å². The van der Waals surface area contributed by atoms with Crippen molar-refractivity contribution in [3.05, 3.63) is 57.1 Å². The lowest BCUT2D eigenvalue weighted by molar-refractivity contribution is -0.385. The smallest absolute Gasteiger partial charge is 0.273 e. The third-order valence-electron chi connectivity index (χ3n) is 3.64. The molecular formula is C17H19NO5. The molecule has 6 heteroatoms. The first kappa shape index (κ1) is 16.6. The fourth-order valence-corrected chi connectivity index (χ4v) is 2.46. The molecule has 0 aliphatic carbocycles. The van der Waals surface area contributed by atoms with Gasteiger partial charge in [-0.05, 0) is 36.2 Å². The maximum absolute atomic E-state index is 11.3. The molecule has 0 spiro atoms. The van der Waals surface area contributed by atoms with Crippen LogP contribution in [0.2, 0.25) is 0 Å². The van der Waals surface area contributed by atoms with Crippen molar-refractivity contribution in [1.82, 2.24) is 0 Å². The number of ether oxygens (including phenoxy) is 3. The first-order valence-electron chi connectivity index (χ1n) is 7.03. The number of aryl methyl sites for hydroxylation is 1. The van der Waals surface area contributed by atoms with Crippen molar-refractivity contribution < 1.29 is 19.1 Å². The Morgan fingerprint density at radius 1 is 0.957 bits per heavy atom. The Kier molecular flexibility index (Phi) is 5.05. The molecule has 0 aliphatic rings. The van der Waals surface area contributed by atoms with Gasteiger partial charge in [-0.3, -0.25) is 10.1 Å². The molecule has 0 unspecified atom stereocenters. The van der Waals surface area contributed by atoms with Crippen molar-refractivity contribution >= 4 is 5.69 Å². The zero-order valence-electron chi connectivity index (χ0n) is 13.6. The van der Waals surface area contributed by atoms with Gasteiger partial charge in [-0.25, -0.2) is 0 Å². The van der Waals surface area contributed by atoms with Crippen molar-refractivity contribution in [2.75, 3.05) is 21.3 Å². The molecule has 0 saturated carbocycles. The fourth-order valence-electron chi connectivity index (χ4n) is 2.46. The second-order valence-electron chi connectivity index (χ2n) is 5.07. The monoisotopic (exact) mass is 317 g/mol. The molecule has 2 aromatic rings. The van der Waals surface area contributed by atoms with E-state index in [-0.39, 0.29) is 10.6 Å². The summed E-state index contributed by atoms with van der Waals surface area (Å²) in [7, 11) is 4.67. The highest BCUT2D eigenvalue weighted by Gasteiger charge is 2.18. The van der Waals surface area contributed by atoms with Crippen LogP contribution in [0, 0.1) is 17.0 Å². The number of hydrogen-bond donors (Lipinski definition) is 0. The Hall–Kier alpha value is -2.76. The average molecular weight is 317 g/mol. The second-order valence-corrected chi connectivity index (χ2v) is 5.07. The van der Waals surface area contributed by atoms with Crippen LogP contribution in [0.1, 0.15) is 16.7 Å². The van der Waals surface area contributed by atoms with Crippen LogP contribution in [0.5, 0.6) is 17.2 Å². The Morgan fingerprint density at radius 2 is 1.61 bits per heavy atom. The zero-order chi connectivity index (χ0) is 17.0. The molecule has 0 amide bonds. The highest BCUT2D eigenvalue weighted by molar-refractivity contribution is 5.53. The van der Waals surface area contributed by atoms with Crippen LogP contribution in [0.15, 0.2) is 30.3 Å². The third-order valence-corrected chi connectivity index (χ3v) is 3.64. The molecule has 0 radical (unpaired) electrons. The van der Waals surface area contributed by atoms with E-state index in [2.05, 4.69) is 0 Å². The molecular weight excluding hydrogens is 298 g/mol. The Bertz CT molecular complexity index is 727. The summed E-state index contributed by atoms with van der Waals surface area (Å²) in [5, 5.41) is 11.3. The van der Waals surface area contributed by atoms with Gasteiger partial charge < -0.3 is 14.2 Å². The summed E-state index contributed by atoms with van der Waals surface area (Å²) in [5.74, 6) is 1.84. The molecule has 0 atom stereocenters. The van der Waals surface area contributed by atoms with Crippen molar-refractivity contribution in [2.24, 2.45) is 0 Å². The van der Waals surface area contributed by atoms with Gasteiger partial charge in [0, 0.05) is 18.1 Å². The van der Waals surface area contributed by atoms with E-state index < -0.39 is 0 Å². The largest absolute Gasteiger partial charge is 0.496 e. The molecule has 0 bridgehead atoms. The summed E-state index contributed by atoms with van der Waals surface area (Å²) in [4.78, 5) is 10.9. The minimum atomic E-state index is -0.372. The molecule has 0 aromatic heterocycles. The lowest BCUT2D eigenvalue weighted by Crippen LogP contribution is -2.00. The van der Waals surface area contributed by atoms with E-state index in [4.69, 9.17) is 14.2 Å². The zero-order valence-corrected chi connectivity index (χ0v) is 13.6. The maximum Gasteiger partial charge on any atom is 0.273 e. The molecule has 0 saturated heterocycles. The average Bonchev–Trinajstić information content (AvgIpc) is 2.55. The highest BCUT2D eigenvalue weighted by atomic mass is 16.6. The molecule has 0 heterocycles.